The van der Waals surface area contributed by atoms with Gasteiger partial charge in [-0.05, 0) is 29.3 Å². The van der Waals surface area contributed by atoms with Crippen LogP contribution in [0, 0.1) is 0 Å². The van der Waals surface area contributed by atoms with E-state index < -0.39 is 10.2 Å². The molecule has 1 aliphatic heterocycles. The summed E-state index contributed by atoms with van der Waals surface area (Å²) < 4.78 is 40.4. The molecule has 7 nitrogen and oxygen atoms in total. The third-order valence-electron chi connectivity index (χ3n) is 5.29. The molecule has 1 aromatic heterocycles. The molecule has 0 bridgehead atoms. The van der Waals surface area contributed by atoms with Gasteiger partial charge in [0.1, 0.15) is 5.75 Å². The SMILES string of the molecule is COc1ccc(C(CNS(=O)(=O)N2CCOCC2)c2c[nH]c3ccccc23)cc1. The summed E-state index contributed by atoms with van der Waals surface area (Å²) in [6.07, 6.45) is 1.96. The molecule has 1 aliphatic rings. The molecular weight excluding hydrogens is 390 g/mol. The second-order valence-corrected chi connectivity index (χ2v) is 8.74. The van der Waals surface area contributed by atoms with Gasteiger partial charge >= 0.3 is 0 Å². The van der Waals surface area contributed by atoms with Gasteiger partial charge in [0.2, 0.25) is 0 Å². The van der Waals surface area contributed by atoms with Crippen molar-refractivity contribution in [2.75, 3.05) is 40.0 Å². The molecule has 3 aromatic rings. The summed E-state index contributed by atoms with van der Waals surface area (Å²) in [6.45, 7) is 1.84. The maximum Gasteiger partial charge on any atom is 0.279 e. The summed E-state index contributed by atoms with van der Waals surface area (Å²) >= 11 is 0. The highest BCUT2D eigenvalue weighted by Crippen LogP contribution is 2.31. The van der Waals surface area contributed by atoms with Crippen LogP contribution < -0.4 is 9.46 Å². The van der Waals surface area contributed by atoms with Crippen molar-refractivity contribution in [3.8, 4) is 5.75 Å². The fourth-order valence-electron chi connectivity index (χ4n) is 3.69. The average Bonchev–Trinajstić information content (AvgIpc) is 3.19. The van der Waals surface area contributed by atoms with E-state index in [4.69, 9.17) is 9.47 Å². The van der Waals surface area contributed by atoms with Gasteiger partial charge in [0, 0.05) is 42.7 Å². The Hall–Kier alpha value is -2.39. The number of nitrogens with one attached hydrogen (secondary N) is 2. The van der Waals surface area contributed by atoms with E-state index >= 15 is 0 Å². The number of morpholine rings is 1. The van der Waals surface area contributed by atoms with Crippen LogP contribution in [0.15, 0.2) is 54.7 Å². The van der Waals surface area contributed by atoms with Crippen molar-refractivity contribution in [3.63, 3.8) is 0 Å². The van der Waals surface area contributed by atoms with Crippen molar-refractivity contribution in [2.24, 2.45) is 0 Å². The summed E-state index contributed by atoms with van der Waals surface area (Å²) in [6, 6.07) is 15.8. The monoisotopic (exact) mass is 415 g/mol. The first-order chi connectivity index (χ1) is 14.1. The van der Waals surface area contributed by atoms with E-state index in [-0.39, 0.29) is 12.5 Å². The van der Waals surface area contributed by atoms with Crippen molar-refractivity contribution >= 4 is 21.1 Å². The molecule has 1 saturated heterocycles. The lowest BCUT2D eigenvalue weighted by Gasteiger charge is -2.27. The van der Waals surface area contributed by atoms with E-state index in [1.807, 2.05) is 54.7 Å². The Balaban J connectivity index is 1.64. The number of ether oxygens (including phenoxy) is 2. The summed E-state index contributed by atoms with van der Waals surface area (Å²) in [4.78, 5) is 3.29. The molecule has 4 rings (SSSR count). The molecule has 0 aliphatic carbocycles. The quantitative estimate of drug-likeness (QED) is 0.621. The number of H-pyrrole nitrogens is 1. The van der Waals surface area contributed by atoms with Crippen molar-refractivity contribution in [2.45, 2.75) is 5.92 Å². The standard InChI is InChI=1S/C21H25N3O4S/c1-27-17-8-6-16(7-9-17)19(20-14-22-21-5-3-2-4-18(20)21)15-23-29(25,26)24-10-12-28-13-11-24/h2-9,14,19,22-23H,10-13,15H2,1H3. The van der Waals surface area contributed by atoms with Crippen LogP contribution in [-0.2, 0) is 14.9 Å². The summed E-state index contributed by atoms with van der Waals surface area (Å²) in [7, 11) is -1.95. The lowest BCUT2D eigenvalue weighted by atomic mass is 9.91. The molecule has 0 amide bonds. The smallest absolute Gasteiger partial charge is 0.279 e. The minimum Gasteiger partial charge on any atom is -0.497 e. The van der Waals surface area contributed by atoms with Crippen LogP contribution in [0.3, 0.4) is 0 Å². The van der Waals surface area contributed by atoms with Gasteiger partial charge in [0.05, 0.1) is 20.3 Å². The second kappa shape index (κ2) is 8.54. The van der Waals surface area contributed by atoms with E-state index in [9.17, 15) is 8.42 Å². The molecule has 1 fully saturated rings. The number of hydrogen-bond donors (Lipinski definition) is 2. The lowest BCUT2D eigenvalue weighted by molar-refractivity contribution is 0.0725. The minimum atomic E-state index is -3.58. The third kappa shape index (κ3) is 4.30. The zero-order chi connectivity index (χ0) is 20.3. The molecule has 8 heteroatoms. The lowest BCUT2D eigenvalue weighted by Crippen LogP contribution is -2.47. The number of aromatic amines is 1. The molecule has 29 heavy (non-hydrogen) atoms. The molecule has 2 aromatic carbocycles. The molecule has 1 unspecified atom stereocenters. The Kier molecular flexibility index (Phi) is 5.86. The molecular formula is C21H25N3O4S. The number of hydrogen-bond acceptors (Lipinski definition) is 4. The first kappa shape index (κ1) is 19.9. The van der Waals surface area contributed by atoms with Crippen molar-refractivity contribution in [3.05, 3.63) is 65.9 Å². The Morgan fingerprint density at radius 2 is 1.86 bits per heavy atom. The number of fused-ring (bicyclic) bond motifs is 1. The Morgan fingerprint density at radius 1 is 1.14 bits per heavy atom. The number of aromatic nitrogens is 1. The van der Waals surface area contributed by atoms with Gasteiger partial charge in [0.25, 0.3) is 10.2 Å². The van der Waals surface area contributed by atoms with Gasteiger partial charge in [-0.1, -0.05) is 30.3 Å². The van der Waals surface area contributed by atoms with Crippen LogP contribution in [0.4, 0.5) is 0 Å². The fraction of sp³-hybridized carbons (Fsp3) is 0.333. The number of nitrogens with zero attached hydrogens (tertiary/aromatic N) is 1. The van der Waals surface area contributed by atoms with Gasteiger partial charge in [-0.25, -0.2) is 4.72 Å². The van der Waals surface area contributed by atoms with Crippen molar-refractivity contribution in [1.29, 1.82) is 0 Å². The van der Waals surface area contributed by atoms with Crippen LogP contribution >= 0.6 is 0 Å². The average molecular weight is 416 g/mol. The number of methoxy groups -OCH3 is 1. The molecule has 0 spiro atoms. The molecule has 1 atom stereocenters. The summed E-state index contributed by atoms with van der Waals surface area (Å²) in [5, 5.41) is 1.08. The van der Waals surface area contributed by atoms with E-state index in [0.717, 1.165) is 27.8 Å². The maximum absolute atomic E-state index is 12.8. The van der Waals surface area contributed by atoms with Gasteiger partial charge < -0.3 is 14.5 Å². The van der Waals surface area contributed by atoms with E-state index in [1.165, 1.54) is 4.31 Å². The zero-order valence-electron chi connectivity index (χ0n) is 16.3. The fourth-order valence-corrected chi connectivity index (χ4v) is 4.88. The van der Waals surface area contributed by atoms with Crippen LogP contribution in [-0.4, -0.2) is 57.7 Å². The first-order valence-corrected chi connectivity index (χ1v) is 11.0. The minimum absolute atomic E-state index is 0.145. The molecule has 0 radical (unpaired) electrons. The van der Waals surface area contributed by atoms with Gasteiger partial charge in [-0.3, -0.25) is 0 Å². The number of rotatable bonds is 7. The van der Waals surface area contributed by atoms with Crippen molar-refractivity contribution < 1.29 is 17.9 Å². The highest BCUT2D eigenvalue weighted by Gasteiger charge is 2.26. The van der Waals surface area contributed by atoms with E-state index in [2.05, 4.69) is 9.71 Å². The van der Waals surface area contributed by atoms with Gasteiger partial charge in [0.15, 0.2) is 0 Å². The summed E-state index contributed by atoms with van der Waals surface area (Å²) in [5.74, 6) is 0.619. The van der Waals surface area contributed by atoms with Gasteiger partial charge in [-0.2, -0.15) is 12.7 Å². The Bertz CT molecular complexity index is 1060. The highest BCUT2D eigenvalue weighted by atomic mass is 32.2. The third-order valence-corrected chi connectivity index (χ3v) is 6.87. The number of benzene rings is 2. The zero-order valence-corrected chi connectivity index (χ0v) is 17.1. The molecule has 154 valence electrons. The topological polar surface area (TPSA) is 83.7 Å². The molecule has 2 heterocycles. The Morgan fingerprint density at radius 3 is 2.59 bits per heavy atom. The molecule has 0 saturated carbocycles. The summed E-state index contributed by atoms with van der Waals surface area (Å²) in [5.41, 5.74) is 3.09. The first-order valence-electron chi connectivity index (χ1n) is 9.61. The predicted octanol–water partition coefficient (Wildman–Crippen LogP) is 2.48. The Labute approximate surface area is 170 Å². The normalized spacial score (nSPS) is 16.7. The number of para-hydroxylation sites is 1. The molecule has 2 N–H and O–H groups in total. The van der Waals surface area contributed by atoms with Crippen LogP contribution in [0.2, 0.25) is 0 Å². The van der Waals surface area contributed by atoms with E-state index in [1.54, 1.807) is 7.11 Å². The van der Waals surface area contributed by atoms with Crippen LogP contribution in [0.1, 0.15) is 17.0 Å². The highest BCUT2D eigenvalue weighted by molar-refractivity contribution is 7.87. The van der Waals surface area contributed by atoms with Crippen molar-refractivity contribution in [1.82, 2.24) is 14.0 Å². The largest absolute Gasteiger partial charge is 0.497 e. The van der Waals surface area contributed by atoms with Gasteiger partial charge in [-0.15, -0.1) is 0 Å². The van der Waals surface area contributed by atoms with Crippen LogP contribution in [0.25, 0.3) is 10.9 Å². The predicted molar refractivity (Wildman–Crippen MR) is 112 cm³/mol. The van der Waals surface area contributed by atoms with E-state index in [0.29, 0.717) is 26.3 Å². The van der Waals surface area contributed by atoms with Crippen LogP contribution in [0.5, 0.6) is 5.75 Å². The maximum atomic E-state index is 12.8. The second-order valence-electron chi connectivity index (χ2n) is 6.98.